The summed E-state index contributed by atoms with van der Waals surface area (Å²) in [4.78, 5) is 11.3. The van der Waals surface area contributed by atoms with Gasteiger partial charge in [-0.25, -0.2) is 0 Å². The highest BCUT2D eigenvalue weighted by atomic mass is 32.2. The van der Waals surface area contributed by atoms with Crippen LogP contribution in [0, 0.1) is 0 Å². The van der Waals surface area contributed by atoms with Gasteiger partial charge in [0.05, 0.1) is 18.3 Å². The van der Waals surface area contributed by atoms with Crippen LogP contribution in [0.2, 0.25) is 0 Å². The molecule has 0 amide bonds. The van der Waals surface area contributed by atoms with E-state index < -0.39 is 0 Å². The summed E-state index contributed by atoms with van der Waals surface area (Å²) >= 11 is 1.68. The maximum atomic E-state index is 5.54. The maximum absolute atomic E-state index is 5.54. The molecule has 1 aliphatic heterocycles. The van der Waals surface area contributed by atoms with Crippen molar-refractivity contribution in [2.45, 2.75) is 31.2 Å². The number of hydrogen-bond donors (Lipinski definition) is 0. The largest absolute Gasteiger partial charge is 0.338 e. The summed E-state index contributed by atoms with van der Waals surface area (Å²) < 4.78 is 10.9. The second kappa shape index (κ2) is 7.37. The molecule has 7 nitrogen and oxygen atoms in total. The molecular weight excluding hydrogens is 338 g/mol. The zero-order chi connectivity index (χ0) is 17.1. The van der Waals surface area contributed by atoms with Crippen LogP contribution in [0.3, 0.4) is 0 Å². The Morgan fingerprint density at radius 3 is 2.88 bits per heavy atom. The second-order valence-corrected chi connectivity index (χ2v) is 6.85. The van der Waals surface area contributed by atoms with Crippen LogP contribution in [0.15, 0.2) is 39.4 Å². The minimum absolute atomic E-state index is 0.0980. The van der Waals surface area contributed by atoms with Crippen molar-refractivity contribution in [2.75, 3.05) is 12.8 Å². The third kappa shape index (κ3) is 3.59. The fourth-order valence-electron chi connectivity index (χ4n) is 3.09. The first kappa shape index (κ1) is 16.3. The summed E-state index contributed by atoms with van der Waals surface area (Å²) in [6, 6.07) is 9.96. The van der Waals surface area contributed by atoms with Crippen molar-refractivity contribution in [3.05, 3.63) is 47.9 Å². The lowest BCUT2D eigenvalue weighted by Gasteiger charge is -2.18. The van der Waals surface area contributed by atoms with Gasteiger partial charge in [0.15, 0.2) is 5.82 Å². The molecule has 0 aliphatic carbocycles. The fraction of sp³-hybridized carbons (Fsp3) is 0.412. The number of aromatic nitrogens is 4. The lowest BCUT2D eigenvalue weighted by molar-refractivity contribution is 0.179. The molecule has 1 fully saturated rings. The summed E-state index contributed by atoms with van der Waals surface area (Å²) in [6.45, 7) is 1.56. The van der Waals surface area contributed by atoms with Crippen LogP contribution in [0.4, 0.5) is 0 Å². The minimum Gasteiger partial charge on any atom is -0.338 e. The highest BCUT2D eigenvalue weighted by Gasteiger charge is 2.32. The van der Waals surface area contributed by atoms with E-state index in [0.29, 0.717) is 24.2 Å². The highest BCUT2D eigenvalue weighted by Crippen LogP contribution is 2.33. The van der Waals surface area contributed by atoms with Crippen LogP contribution < -0.4 is 0 Å². The SMILES string of the molecule is CSCc1noc(CN2CCC[C@H]2c2nc(-c3ccccc3)no2)n1. The number of likely N-dealkylation sites (tertiary alicyclic amines) is 1. The fourth-order valence-corrected chi connectivity index (χ4v) is 3.46. The van der Waals surface area contributed by atoms with E-state index in [9.17, 15) is 0 Å². The van der Waals surface area contributed by atoms with Gasteiger partial charge < -0.3 is 9.05 Å². The van der Waals surface area contributed by atoms with Crippen molar-refractivity contribution in [1.29, 1.82) is 0 Å². The summed E-state index contributed by atoms with van der Waals surface area (Å²) in [5.74, 6) is 3.42. The molecule has 0 N–H and O–H groups in total. The topological polar surface area (TPSA) is 81.1 Å². The van der Waals surface area contributed by atoms with Gasteiger partial charge >= 0.3 is 0 Å². The number of benzene rings is 1. The van der Waals surface area contributed by atoms with Crippen LogP contribution >= 0.6 is 11.8 Å². The summed E-state index contributed by atoms with van der Waals surface area (Å²) in [5.41, 5.74) is 0.959. The number of nitrogens with zero attached hydrogens (tertiary/aromatic N) is 5. The average Bonchev–Trinajstić information content (AvgIpc) is 3.37. The van der Waals surface area contributed by atoms with Gasteiger partial charge in [0.1, 0.15) is 0 Å². The Morgan fingerprint density at radius 2 is 2.04 bits per heavy atom. The van der Waals surface area contributed by atoms with Crippen molar-refractivity contribution in [2.24, 2.45) is 0 Å². The van der Waals surface area contributed by atoms with Gasteiger partial charge in [-0.2, -0.15) is 21.7 Å². The summed E-state index contributed by atoms with van der Waals surface area (Å²) in [5, 5.41) is 8.14. The van der Waals surface area contributed by atoms with E-state index in [1.54, 1.807) is 11.8 Å². The van der Waals surface area contributed by atoms with Crippen molar-refractivity contribution in [3.63, 3.8) is 0 Å². The number of hydrogen-bond acceptors (Lipinski definition) is 8. The van der Waals surface area contributed by atoms with E-state index in [4.69, 9.17) is 9.05 Å². The summed E-state index contributed by atoms with van der Waals surface area (Å²) in [6.07, 6.45) is 4.09. The Labute approximate surface area is 149 Å². The quantitative estimate of drug-likeness (QED) is 0.664. The van der Waals surface area contributed by atoms with Gasteiger partial charge in [-0.15, -0.1) is 0 Å². The molecule has 25 heavy (non-hydrogen) atoms. The maximum Gasteiger partial charge on any atom is 0.244 e. The van der Waals surface area contributed by atoms with Gasteiger partial charge in [-0.05, 0) is 25.6 Å². The van der Waals surface area contributed by atoms with Crippen molar-refractivity contribution in [3.8, 4) is 11.4 Å². The molecule has 1 atom stereocenters. The van der Waals surface area contributed by atoms with Gasteiger partial charge in [0, 0.05) is 5.56 Å². The molecule has 1 aliphatic rings. The van der Waals surface area contributed by atoms with E-state index in [1.165, 1.54) is 0 Å². The van der Waals surface area contributed by atoms with E-state index >= 15 is 0 Å². The Bertz CT molecular complexity index is 819. The molecule has 0 unspecified atom stereocenters. The highest BCUT2D eigenvalue weighted by molar-refractivity contribution is 7.97. The standard InChI is InChI=1S/C17H19N5O2S/c1-25-11-14-18-15(23-20-14)10-22-9-5-8-13(22)17-19-16(21-24-17)12-6-3-2-4-7-12/h2-4,6-7,13H,5,8-11H2,1H3/t13-/m0/s1. The molecule has 2 aromatic heterocycles. The van der Waals surface area contributed by atoms with Gasteiger partial charge in [0.2, 0.25) is 17.6 Å². The van der Waals surface area contributed by atoms with Crippen molar-refractivity contribution < 1.29 is 9.05 Å². The van der Waals surface area contributed by atoms with Crippen LogP contribution in [0.25, 0.3) is 11.4 Å². The van der Waals surface area contributed by atoms with Gasteiger partial charge in [-0.3, -0.25) is 4.90 Å². The molecule has 4 rings (SSSR count). The molecule has 0 radical (unpaired) electrons. The number of rotatable bonds is 6. The normalized spacial score (nSPS) is 18.0. The van der Waals surface area contributed by atoms with Crippen molar-refractivity contribution in [1.82, 2.24) is 25.2 Å². The lowest BCUT2D eigenvalue weighted by atomic mass is 10.2. The Hall–Kier alpha value is -2.19. The molecule has 0 saturated carbocycles. The second-order valence-electron chi connectivity index (χ2n) is 5.99. The van der Waals surface area contributed by atoms with E-state index in [2.05, 4.69) is 25.2 Å². The first-order chi connectivity index (χ1) is 12.3. The van der Waals surface area contributed by atoms with E-state index in [-0.39, 0.29) is 6.04 Å². The van der Waals surface area contributed by atoms with E-state index in [0.717, 1.165) is 36.5 Å². The Morgan fingerprint density at radius 1 is 1.16 bits per heavy atom. The van der Waals surface area contributed by atoms with Crippen LogP contribution in [0.5, 0.6) is 0 Å². The molecule has 0 spiro atoms. The Balaban J connectivity index is 1.48. The summed E-state index contributed by atoms with van der Waals surface area (Å²) in [7, 11) is 0. The molecule has 1 aromatic carbocycles. The van der Waals surface area contributed by atoms with Gasteiger partial charge in [-0.1, -0.05) is 40.6 Å². The predicted octanol–water partition coefficient (Wildman–Crippen LogP) is 3.32. The van der Waals surface area contributed by atoms with Crippen molar-refractivity contribution >= 4 is 11.8 Å². The molecule has 8 heteroatoms. The smallest absolute Gasteiger partial charge is 0.244 e. The first-order valence-electron chi connectivity index (χ1n) is 8.27. The van der Waals surface area contributed by atoms with Crippen LogP contribution in [0.1, 0.15) is 36.5 Å². The first-order valence-corrected chi connectivity index (χ1v) is 9.66. The number of thioether (sulfide) groups is 1. The molecular formula is C17H19N5O2S. The minimum atomic E-state index is 0.0980. The van der Waals surface area contributed by atoms with E-state index in [1.807, 2.05) is 36.6 Å². The van der Waals surface area contributed by atoms with Crippen LogP contribution in [-0.4, -0.2) is 38.0 Å². The molecule has 1 saturated heterocycles. The molecule has 0 bridgehead atoms. The monoisotopic (exact) mass is 357 g/mol. The lowest BCUT2D eigenvalue weighted by Crippen LogP contribution is -2.23. The zero-order valence-corrected chi connectivity index (χ0v) is 14.8. The average molecular weight is 357 g/mol. The molecule has 3 heterocycles. The molecule has 3 aromatic rings. The van der Waals surface area contributed by atoms with Gasteiger partial charge in [0.25, 0.3) is 0 Å². The van der Waals surface area contributed by atoms with Crippen LogP contribution in [-0.2, 0) is 12.3 Å². The Kier molecular flexibility index (Phi) is 4.80. The third-order valence-electron chi connectivity index (χ3n) is 4.24. The third-order valence-corrected chi connectivity index (χ3v) is 4.79. The molecule has 130 valence electrons. The predicted molar refractivity (Wildman–Crippen MR) is 93.6 cm³/mol. The zero-order valence-electron chi connectivity index (χ0n) is 14.0.